The monoisotopic (exact) mass is 266 g/mol. The molecule has 0 N–H and O–H groups in total. The van der Waals surface area contributed by atoms with E-state index in [4.69, 9.17) is 0 Å². The molecule has 1 saturated heterocycles. The van der Waals surface area contributed by atoms with Crippen molar-refractivity contribution in [2.24, 2.45) is 0 Å². The van der Waals surface area contributed by atoms with Gasteiger partial charge in [-0.25, -0.2) is 0 Å². The topological polar surface area (TPSA) is 0 Å². The predicted octanol–water partition coefficient (Wildman–Crippen LogP) is 1.05. The summed E-state index contributed by atoms with van der Waals surface area (Å²) in [6.45, 7) is 0. The van der Waals surface area contributed by atoms with Gasteiger partial charge in [0.2, 0.25) is 0 Å². The summed E-state index contributed by atoms with van der Waals surface area (Å²) in [5.41, 5.74) is 0. The SMILES string of the molecule is C1C[CH2][BiH][CH2]1. The molecule has 0 nitrogen and oxygen atoms in total. The molecule has 0 atom stereocenters. The molecule has 0 bridgehead atoms. The van der Waals surface area contributed by atoms with E-state index in [9.17, 15) is 0 Å². The first kappa shape index (κ1) is 4.05. The van der Waals surface area contributed by atoms with E-state index < -0.39 is 0 Å². The van der Waals surface area contributed by atoms with Crippen LogP contribution in [0.1, 0.15) is 12.8 Å². The van der Waals surface area contributed by atoms with Crippen LogP contribution in [0.2, 0.25) is 8.26 Å². The van der Waals surface area contributed by atoms with Crippen LogP contribution < -0.4 is 0 Å². The summed E-state index contributed by atoms with van der Waals surface area (Å²) in [5.74, 6) is 0. The fraction of sp³-hybridized carbons (Fsp3) is 1.00. The molecule has 1 heterocycles. The van der Waals surface area contributed by atoms with Crippen molar-refractivity contribution < 1.29 is 0 Å². The van der Waals surface area contributed by atoms with Crippen LogP contribution in [0.25, 0.3) is 0 Å². The quantitative estimate of drug-likeness (QED) is 0.575. The third-order valence-electron chi connectivity index (χ3n) is 0.957. The Morgan fingerprint density at radius 2 is 1.60 bits per heavy atom. The van der Waals surface area contributed by atoms with Crippen molar-refractivity contribution >= 4 is 23.2 Å². The van der Waals surface area contributed by atoms with E-state index in [0.29, 0.717) is 0 Å². The van der Waals surface area contributed by atoms with E-state index >= 15 is 0 Å². The summed E-state index contributed by atoms with van der Waals surface area (Å²) in [6.07, 6.45) is 3.17. The molecular weight excluding hydrogens is 257 g/mol. The van der Waals surface area contributed by atoms with E-state index in [2.05, 4.69) is 0 Å². The molecule has 1 aliphatic heterocycles. The van der Waals surface area contributed by atoms with Gasteiger partial charge < -0.3 is 0 Å². The molecule has 1 rings (SSSR count). The van der Waals surface area contributed by atoms with E-state index in [1.54, 1.807) is 21.1 Å². The van der Waals surface area contributed by atoms with Crippen molar-refractivity contribution in [1.29, 1.82) is 0 Å². The average molecular weight is 266 g/mol. The van der Waals surface area contributed by atoms with Gasteiger partial charge in [-0.2, -0.15) is 0 Å². The van der Waals surface area contributed by atoms with Gasteiger partial charge in [0.1, 0.15) is 0 Å². The van der Waals surface area contributed by atoms with E-state index in [1.165, 1.54) is 0 Å². The molecule has 30 valence electrons. The van der Waals surface area contributed by atoms with Gasteiger partial charge >= 0.3 is 44.3 Å². The zero-order valence-electron chi connectivity index (χ0n) is 3.33. The van der Waals surface area contributed by atoms with Crippen molar-refractivity contribution in [3.05, 3.63) is 0 Å². The van der Waals surface area contributed by atoms with Gasteiger partial charge in [0.15, 0.2) is 0 Å². The summed E-state index contributed by atoms with van der Waals surface area (Å²) in [7, 11) is 0. The fourth-order valence-corrected chi connectivity index (χ4v) is 5.48. The number of hydrogen-bond donors (Lipinski definition) is 0. The molecule has 0 saturated carbocycles. The van der Waals surface area contributed by atoms with Crippen LogP contribution in [0.15, 0.2) is 0 Å². The second-order valence-electron chi connectivity index (χ2n) is 1.46. The van der Waals surface area contributed by atoms with E-state index in [-0.39, 0.29) is 23.2 Å². The molecule has 1 aliphatic rings. The van der Waals surface area contributed by atoms with Gasteiger partial charge in [0.25, 0.3) is 0 Å². The standard InChI is InChI=1S/C4H8.Bi.H/c1-3-4-2;;/h1-4H2;;. The molecule has 0 spiro atoms. The summed E-state index contributed by atoms with van der Waals surface area (Å²) in [5, 5.41) is 0. The van der Waals surface area contributed by atoms with Crippen LogP contribution in [0.3, 0.4) is 0 Å². The maximum atomic E-state index is 1.69. The van der Waals surface area contributed by atoms with Crippen LogP contribution in [0, 0.1) is 0 Å². The van der Waals surface area contributed by atoms with Gasteiger partial charge in [-0.3, -0.25) is 0 Å². The Labute approximate surface area is 44.5 Å². The minimum atomic E-state index is 0.160. The maximum absolute atomic E-state index is 1.69. The third-order valence-corrected chi connectivity index (χ3v) is 6.45. The van der Waals surface area contributed by atoms with Crippen LogP contribution >= 0.6 is 0 Å². The average Bonchev–Trinajstić information content (AvgIpc) is 1.76. The molecule has 1 heteroatoms. The van der Waals surface area contributed by atoms with Gasteiger partial charge in [0, 0.05) is 0 Å². The molecule has 0 aromatic carbocycles. The number of rotatable bonds is 0. The van der Waals surface area contributed by atoms with Crippen LogP contribution in [-0.2, 0) is 0 Å². The Balaban J connectivity index is 2.08. The second-order valence-corrected chi connectivity index (χ2v) is 7.29. The first-order chi connectivity index (χ1) is 2.50. The summed E-state index contributed by atoms with van der Waals surface area (Å²) < 4.78 is 3.39. The van der Waals surface area contributed by atoms with Crippen molar-refractivity contribution in [3.8, 4) is 0 Å². The molecule has 0 radical (unpaired) electrons. The van der Waals surface area contributed by atoms with Crippen molar-refractivity contribution in [2.45, 2.75) is 21.1 Å². The molecule has 0 amide bonds. The first-order valence-electron chi connectivity index (χ1n) is 2.21. The van der Waals surface area contributed by atoms with Gasteiger partial charge in [0.05, 0.1) is 0 Å². The van der Waals surface area contributed by atoms with Crippen molar-refractivity contribution in [1.82, 2.24) is 0 Å². The molecule has 5 heavy (non-hydrogen) atoms. The Bertz CT molecular complexity index is 15.2. The molecule has 0 unspecified atom stereocenters. The van der Waals surface area contributed by atoms with Crippen LogP contribution in [0.4, 0.5) is 0 Å². The van der Waals surface area contributed by atoms with Gasteiger partial charge in [-0.1, -0.05) is 0 Å². The summed E-state index contributed by atoms with van der Waals surface area (Å²) in [4.78, 5) is 0. The molecule has 0 aliphatic carbocycles. The summed E-state index contributed by atoms with van der Waals surface area (Å²) in [6, 6.07) is 0. The summed E-state index contributed by atoms with van der Waals surface area (Å²) >= 11 is 0.160. The fourth-order valence-electron chi connectivity index (χ4n) is 0.625. The van der Waals surface area contributed by atoms with Crippen LogP contribution in [0.5, 0.6) is 0 Å². The number of hydrogen-bond acceptors (Lipinski definition) is 0. The van der Waals surface area contributed by atoms with Gasteiger partial charge in [-0.05, 0) is 0 Å². The van der Waals surface area contributed by atoms with Crippen LogP contribution in [-0.4, -0.2) is 23.2 Å². The zero-order valence-corrected chi connectivity index (χ0v) is 7.22. The Morgan fingerprint density at radius 3 is 1.80 bits per heavy atom. The molecule has 0 aromatic rings. The van der Waals surface area contributed by atoms with Crippen molar-refractivity contribution in [2.75, 3.05) is 0 Å². The predicted molar refractivity (Wildman–Crippen MR) is 26.0 cm³/mol. The molecular formula is C4H9Bi. The van der Waals surface area contributed by atoms with E-state index in [0.717, 1.165) is 0 Å². The molecule has 0 aromatic heterocycles. The Kier molecular flexibility index (Phi) is 1.72. The minimum absolute atomic E-state index is 0.160. The Morgan fingerprint density at radius 1 is 1.00 bits per heavy atom. The normalized spacial score (nSPS) is 24.0. The van der Waals surface area contributed by atoms with E-state index in [1.807, 2.05) is 0 Å². The van der Waals surface area contributed by atoms with Crippen molar-refractivity contribution in [3.63, 3.8) is 0 Å². The Hall–Kier alpha value is 0.883. The zero-order chi connectivity index (χ0) is 3.54. The first-order valence-corrected chi connectivity index (χ1v) is 7.70. The second kappa shape index (κ2) is 2.13. The third kappa shape index (κ3) is 1.17. The van der Waals surface area contributed by atoms with Gasteiger partial charge in [-0.15, -0.1) is 0 Å². The molecule has 1 fully saturated rings.